The van der Waals surface area contributed by atoms with E-state index in [0.29, 0.717) is 16.5 Å². The number of halogens is 3. The van der Waals surface area contributed by atoms with Crippen LogP contribution in [-0.4, -0.2) is 29.7 Å². The molecular weight excluding hydrogens is 333 g/mol. The number of hydrogen-bond acceptors (Lipinski definition) is 3. The Morgan fingerprint density at radius 1 is 1.20 bits per heavy atom. The first kappa shape index (κ1) is 17.5. The third-order valence-corrected chi connectivity index (χ3v) is 4.02. The fourth-order valence-electron chi connectivity index (χ4n) is 3.07. The standard InChI is InChI=1S/C18H19F3N2O2/c1-11(2)25-13-7-6-12-4-3-5-14(15(12)10-13)17(18(19,20)21)23-9-8-16(24)22-23/h3-7,10-11,17H,8-9H2,1-2H3,(H,22,24). The van der Waals surface area contributed by atoms with Crippen LogP contribution in [0.1, 0.15) is 31.9 Å². The van der Waals surface area contributed by atoms with E-state index in [1.807, 2.05) is 13.8 Å². The first-order valence-corrected chi connectivity index (χ1v) is 8.08. The maximum Gasteiger partial charge on any atom is 0.409 e. The van der Waals surface area contributed by atoms with Gasteiger partial charge >= 0.3 is 6.18 Å². The molecule has 2 aromatic carbocycles. The Hall–Kier alpha value is -2.28. The van der Waals surface area contributed by atoms with E-state index in [1.54, 1.807) is 30.3 Å². The van der Waals surface area contributed by atoms with Gasteiger partial charge in [0.25, 0.3) is 0 Å². The van der Waals surface area contributed by atoms with Gasteiger partial charge in [0.2, 0.25) is 5.91 Å². The number of carbonyl (C=O) groups excluding carboxylic acids is 1. The van der Waals surface area contributed by atoms with Crippen LogP contribution in [0.3, 0.4) is 0 Å². The molecule has 1 heterocycles. The van der Waals surface area contributed by atoms with E-state index in [-0.39, 0.29) is 24.6 Å². The zero-order valence-electron chi connectivity index (χ0n) is 13.9. The van der Waals surface area contributed by atoms with Gasteiger partial charge in [0.05, 0.1) is 6.10 Å². The van der Waals surface area contributed by atoms with Crippen molar-refractivity contribution in [2.75, 3.05) is 6.54 Å². The Morgan fingerprint density at radius 2 is 1.96 bits per heavy atom. The maximum absolute atomic E-state index is 13.8. The molecule has 1 fully saturated rings. The Morgan fingerprint density at radius 3 is 2.56 bits per heavy atom. The normalized spacial score (nSPS) is 17.1. The van der Waals surface area contributed by atoms with Crippen molar-refractivity contribution in [3.63, 3.8) is 0 Å². The SMILES string of the molecule is CC(C)Oc1ccc2cccc(C(N3CCC(=O)N3)C(F)(F)F)c2c1. The van der Waals surface area contributed by atoms with Gasteiger partial charge in [0.15, 0.2) is 6.04 Å². The lowest BCUT2D eigenvalue weighted by Crippen LogP contribution is -2.43. The molecule has 7 heteroatoms. The minimum absolute atomic E-state index is 0.0155. The molecule has 0 bridgehead atoms. The molecule has 4 nitrogen and oxygen atoms in total. The molecule has 1 aliphatic heterocycles. The molecule has 0 aliphatic carbocycles. The molecule has 1 saturated heterocycles. The van der Waals surface area contributed by atoms with Crippen molar-refractivity contribution in [2.45, 2.75) is 38.6 Å². The van der Waals surface area contributed by atoms with Gasteiger partial charge in [-0.05, 0) is 42.3 Å². The highest BCUT2D eigenvalue weighted by atomic mass is 19.4. The van der Waals surface area contributed by atoms with E-state index in [2.05, 4.69) is 5.43 Å². The monoisotopic (exact) mass is 352 g/mol. The second-order valence-corrected chi connectivity index (χ2v) is 6.32. The highest BCUT2D eigenvalue weighted by Gasteiger charge is 2.47. The summed E-state index contributed by atoms with van der Waals surface area (Å²) >= 11 is 0. The minimum Gasteiger partial charge on any atom is -0.491 e. The maximum atomic E-state index is 13.8. The lowest BCUT2D eigenvalue weighted by Gasteiger charge is -2.30. The molecule has 1 unspecified atom stereocenters. The Balaban J connectivity index is 2.11. The van der Waals surface area contributed by atoms with Crippen molar-refractivity contribution in [3.8, 4) is 5.75 Å². The van der Waals surface area contributed by atoms with Gasteiger partial charge in [-0.2, -0.15) is 13.2 Å². The van der Waals surface area contributed by atoms with Gasteiger partial charge in [-0.25, -0.2) is 5.01 Å². The van der Waals surface area contributed by atoms with Crippen molar-refractivity contribution < 1.29 is 22.7 Å². The quantitative estimate of drug-likeness (QED) is 0.905. The molecule has 0 saturated carbocycles. The lowest BCUT2D eigenvalue weighted by molar-refractivity contribution is -0.190. The summed E-state index contributed by atoms with van der Waals surface area (Å²) in [5, 5.41) is 2.12. The molecule has 25 heavy (non-hydrogen) atoms. The van der Waals surface area contributed by atoms with Crippen LogP contribution >= 0.6 is 0 Å². The fraction of sp³-hybridized carbons (Fsp3) is 0.389. The Kier molecular flexibility index (Phi) is 4.60. The van der Waals surface area contributed by atoms with Gasteiger partial charge in [0.1, 0.15) is 5.75 Å². The number of benzene rings is 2. The third kappa shape index (κ3) is 3.71. The van der Waals surface area contributed by atoms with Crippen LogP contribution in [0.25, 0.3) is 10.8 Å². The number of hydrazine groups is 1. The number of nitrogens with zero attached hydrogens (tertiary/aromatic N) is 1. The molecule has 1 atom stereocenters. The van der Waals surface area contributed by atoms with Crippen molar-refractivity contribution in [3.05, 3.63) is 42.0 Å². The number of amides is 1. The number of carbonyl (C=O) groups is 1. The minimum atomic E-state index is -4.53. The summed E-state index contributed by atoms with van der Waals surface area (Å²) in [5.41, 5.74) is 2.41. The summed E-state index contributed by atoms with van der Waals surface area (Å²) in [6, 6.07) is 8.01. The van der Waals surface area contributed by atoms with Gasteiger partial charge in [0, 0.05) is 13.0 Å². The second-order valence-electron chi connectivity index (χ2n) is 6.32. The second kappa shape index (κ2) is 6.55. The van der Waals surface area contributed by atoms with Gasteiger partial charge < -0.3 is 4.74 Å². The summed E-state index contributed by atoms with van der Waals surface area (Å²) in [6.45, 7) is 3.73. The van der Waals surface area contributed by atoms with Crippen LogP contribution in [0.5, 0.6) is 5.75 Å². The van der Waals surface area contributed by atoms with Crippen molar-refractivity contribution in [2.24, 2.45) is 0 Å². The average molecular weight is 352 g/mol. The van der Waals surface area contributed by atoms with Crippen LogP contribution in [0.15, 0.2) is 36.4 Å². The van der Waals surface area contributed by atoms with E-state index in [4.69, 9.17) is 4.74 Å². The van der Waals surface area contributed by atoms with Crippen LogP contribution in [0.2, 0.25) is 0 Å². The first-order valence-electron chi connectivity index (χ1n) is 8.08. The highest BCUT2D eigenvalue weighted by Crippen LogP contribution is 2.41. The van der Waals surface area contributed by atoms with E-state index >= 15 is 0 Å². The molecular formula is C18H19F3N2O2. The summed E-state index contributed by atoms with van der Waals surface area (Å²) in [7, 11) is 0. The van der Waals surface area contributed by atoms with Crippen LogP contribution in [0.4, 0.5) is 13.2 Å². The predicted molar refractivity (Wildman–Crippen MR) is 88.0 cm³/mol. The van der Waals surface area contributed by atoms with Crippen molar-refractivity contribution in [1.29, 1.82) is 0 Å². The molecule has 1 aliphatic rings. The Bertz CT molecular complexity index is 789. The number of alkyl halides is 3. The van der Waals surface area contributed by atoms with Crippen LogP contribution in [0, 0.1) is 0 Å². The number of rotatable bonds is 4. The zero-order chi connectivity index (χ0) is 18.2. The molecule has 1 amide bonds. The summed E-state index contributed by atoms with van der Waals surface area (Å²) in [6.07, 6.45) is -4.55. The van der Waals surface area contributed by atoms with E-state index in [1.165, 1.54) is 6.07 Å². The van der Waals surface area contributed by atoms with Crippen LogP contribution in [-0.2, 0) is 4.79 Å². The summed E-state index contributed by atoms with van der Waals surface area (Å²) < 4.78 is 47.0. The molecule has 0 radical (unpaired) electrons. The molecule has 134 valence electrons. The summed E-state index contributed by atoms with van der Waals surface area (Å²) in [5.74, 6) is 0.111. The molecule has 0 aromatic heterocycles. The van der Waals surface area contributed by atoms with E-state index < -0.39 is 18.1 Å². The number of ether oxygens (including phenoxy) is 1. The third-order valence-electron chi connectivity index (χ3n) is 4.02. The number of fused-ring (bicyclic) bond motifs is 1. The van der Waals surface area contributed by atoms with Crippen LogP contribution < -0.4 is 10.2 Å². The molecule has 3 rings (SSSR count). The molecule has 1 N–H and O–H groups in total. The topological polar surface area (TPSA) is 41.6 Å². The van der Waals surface area contributed by atoms with Crippen molar-refractivity contribution in [1.82, 2.24) is 10.4 Å². The molecule has 2 aromatic rings. The molecule has 0 spiro atoms. The smallest absolute Gasteiger partial charge is 0.409 e. The lowest BCUT2D eigenvalue weighted by atomic mass is 9.97. The van der Waals surface area contributed by atoms with Gasteiger partial charge in [-0.3, -0.25) is 10.2 Å². The average Bonchev–Trinajstić information content (AvgIpc) is 2.92. The fourth-order valence-corrected chi connectivity index (χ4v) is 3.07. The number of hydrogen-bond donors (Lipinski definition) is 1. The van der Waals surface area contributed by atoms with Gasteiger partial charge in [-0.1, -0.05) is 24.3 Å². The highest BCUT2D eigenvalue weighted by molar-refractivity contribution is 5.87. The first-order chi connectivity index (χ1) is 11.8. The summed E-state index contributed by atoms with van der Waals surface area (Å²) in [4.78, 5) is 11.4. The van der Waals surface area contributed by atoms with E-state index in [0.717, 1.165) is 5.01 Å². The largest absolute Gasteiger partial charge is 0.491 e. The van der Waals surface area contributed by atoms with Crippen molar-refractivity contribution >= 4 is 16.7 Å². The Labute approximate surface area is 143 Å². The van der Waals surface area contributed by atoms with E-state index in [9.17, 15) is 18.0 Å². The predicted octanol–water partition coefficient (Wildman–Crippen LogP) is 3.97. The number of nitrogens with one attached hydrogen (secondary N) is 1. The zero-order valence-corrected chi connectivity index (χ0v) is 13.9. The van der Waals surface area contributed by atoms with Gasteiger partial charge in [-0.15, -0.1) is 0 Å².